The molecule has 7 heteroatoms. The van der Waals surface area contributed by atoms with Crippen LogP contribution in [-0.2, 0) is 9.59 Å². The average Bonchev–Trinajstić information content (AvgIpc) is 2.80. The third-order valence-electron chi connectivity index (χ3n) is 6.46. The Labute approximate surface area is 148 Å². The van der Waals surface area contributed by atoms with Gasteiger partial charge >= 0.3 is 0 Å². The molecule has 0 spiro atoms. The van der Waals surface area contributed by atoms with E-state index in [2.05, 4.69) is 21.2 Å². The molecule has 2 fully saturated rings. The molecule has 1 N–H and O–H groups in total. The maximum absolute atomic E-state index is 13.1. The monoisotopic (exact) mass is 394 g/mol. The van der Waals surface area contributed by atoms with Gasteiger partial charge in [-0.15, -0.1) is 0 Å². The Kier molecular flexibility index (Phi) is 3.64. The number of fused-ring (bicyclic) bond motifs is 2. The zero-order valence-corrected chi connectivity index (χ0v) is 15.3. The molecule has 128 valence electrons. The van der Waals surface area contributed by atoms with Gasteiger partial charge in [0.2, 0.25) is 5.91 Å². The highest BCUT2D eigenvalue weighted by atomic mass is 79.9. The molecule has 1 aromatic rings. The number of carbonyl (C=O) groups excluding carboxylic acids is 2. The molecule has 2 saturated carbocycles. The number of hydrogen-bond donors (Lipinski definition) is 1. The molecule has 0 heterocycles. The molecule has 3 unspecified atom stereocenters. The van der Waals surface area contributed by atoms with Crippen molar-refractivity contribution >= 4 is 39.0 Å². The number of nitrogens with zero attached hydrogens (tertiary/aromatic N) is 1. The fourth-order valence-corrected chi connectivity index (χ4v) is 5.88. The number of hydrogen-bond acceptors (Lipinski definition) is 4. The van der Waals surface area contributed by atoms with Gasteiger partial charge < -0.3 is 5.32 Å². The van der Waals surface area contributed by atoms with E-state index in [1.807, 2.05) is 20.8 Å². The van der Waals surface area contributed by atoms with Crippen molar-refractivity contribution in [1.29, 1.82) is 0 Å². The quantitative estimate of drug-likeness (QED) is 0.480. The Morgan fingerprint density at radius 1 is 1.25 bits per heavy atom. The van der Waals surface area contributed by atoms with Crippen molar-refractivity contribution in [3.63, 3.8) is 0 Å². The van der Waals surface area contributed by atoms with Crippen LogP contribution in [-0.4, -0.2) is 21.4 Å². The van der Waals surface area contributed by atoms with E-state index in [-0.39, 0.29) is 17.4 Å². The van der Waals surface area contributed by atoms with Gasteiger partial charge in [-0.05, 0) is 30.4 Å². The van der Waals surface area contributed by atoms with Crippen LogP contribution in [0.25, 0.3) is 0 Å². The van der Waals surface area contributed by atoms with Crippen molar-refractivity contribution in [2.75, 3.05) is 5.32 Å². The minimum Gasteiger partial charge on any atom is -0.326 e. The molecule has 6 nitrogen and oxygen atoms in total. The van der Waals surface area contributed by atoms with Crippen molar-refractivity contribution in [3.8, 4) is 0 Å². The van der Waals surface area contributed by atoms with E-state index in [0.717, 1.165) is 0 Å². The number of nitro groups is 1. The summed E-state index contributed by atoms with van der Waals surface area (Å²) in [4.78, 5) is 35.5. The number of benzene rings is 1. The summed E-state index contributed by atoms with van der Waals surface area (Å²) in [6, 6.07) is 5.72. The first-order valence-corrected chi connectivity index (χ1v) is 8.74. The number of non-ortho nitro benzene ring substituents is 1. The van der Waals surface area contributed by atoms with Crippen molar-refractivity contribution in [2.24, 2.45) is 16.2 Å². The molecule has 0 radical (unpaired) electrons. The number of amides is 1. The van der Waals surface area contributed by atoms with Gasteiger partial charge in [-0.3, -0.25) is 19.7 Å². The minimum atomic E-state index is -0.819. The summed E-state index contributed by atoms with van der Waals surface area (Å²) >= 11 is 3.47. The van der Waals surface area contributed by atoms with Crippen LogP contribution in [0.1, 0.15) is 33.6 Å². The maximum atomic E-state index is 13.1. The minimum absolute atomic E-state index is 0.0330. The smallest absolute Gasteiger partial charge is 0.269 e. The largest absolute Gasteiger partial charge is 0.326 e. The van der Waals surface area contributed by atoms with E-state index >= 15 is 0 Å². The summed E-state index contributed by atoms with van der Waals surface area (Å²) in [7, 11) is 0. The topological polar surface area (TPSA) is 89.3 Å². The SMILES string of the molecule is CC12CCC(C(=O)Nc3ccc([N+](=O)[O-])cc3)(C(Br)C1=O)C2(C)C. The van der Waals surface area contributed by atoms with E-state index in [4.69, 9.17) is 0 Å². The highest BCUT2D eigenvalue weighted by Crippen LogP contribution is 2.72. The molecule has 2 aliphatic carbocycles. The Bertz CT molecular complexity index is 745. The molecule has 2 bridgehead atoms. The molecule has 0 aromatic heterocycles. The summed E-state index contributed by atoms with van der Waals surface area (Å²) in [6.07, 6.45) is 1.32. The fraction of sp³-hybridized carbons (Fsp3) is 0.529. The first kappa shape index (κ1) is 17.1. The summed E-state index contributed by atoms with van der Waals surface area (Å²) in [6.45, 7) is 5.90. The van der Waals surface area contributed by atoms with E-state index in [0.29, 0.717) is 18.5 Å². The van der Waals surface area contributed by atoms with Crippen LogP contribution in [0.4, 0.5) is 11.4 Å². The van der Waals surface area contributed by atoms with Crippen LogP contribution in [0.2, 0.25) is 0 Å². The van der Waals surface area contributed by atoms with Gasteiger partial charge in [-0.1, -0.05) is 36.7 Å². The number of rotatable bonds is 3. The Morgan fingerprint density at radius 3 is 2.29 bits per heavy atom. The van der Waals surface area contributed by atoms with Crippen molar-refractivity contribution in [3.05, 3.63) is 34.4 Å². The molecule has 3 atom stereocenters. The Morgan fingerprint density at radius 2 is 1.83 bits per heavy atom. The number of carbonyl (C=O) groups is 2. The summed E-state index contributed by atoms with van der Waals surface area (Å²) in [5, 5.41) is 13.6. The summed E-state index contributed by atoms with van der Waals surface area (Å²) < 4.78 is 0. The number of nitro benzene ring substituents is 1. The zero-order chi connectivity index (χ0) is 17.9. The number of ketones is 1. The van der Waals surface area contributed by atoms with Crippen LogP contribution in [0.15, 0.2) is 24.3 Å². The Hall–Kier alpha value is -1.76. The molecule has 1 aromatic carbocycles. The second kappa shape index (κ2) is 5.12. The van der Waals surface area contributed by atoms with Gasteiger partial charge in [0.15, 0.2) is 5.78 Å². The second-order valence-corrected chi connectivity index (χ2v) is 8.33. The van der Waals surface area contributed by atoms with Gasteiger partial charge in [-0.2, -0.15) is 0 Å². The van der Waals surface area contributed by atoms with Crippen LogP contribution in [0, 0.1) is 26.4 Å². The highest BCUT2D eigenvalue weighted by Gasteiger charge is 2.76. The highest BCUT2D eigenvalue weighted by molar-refractivity contribution is 9.10. The molecular formula is C17H19BrN2O4. The van der Waals surface area contributed by atoms with Gasteiger partial charge in [0.05, 0.1) is 15.2 Å². The van der Waals surface area contributed by atoms with E-state index in [1.54, 1.807) is 0 Å². The normalized spacial score (nSPS) is 33.5. The third kappa shape index (κ3) is 1.87. The third-order valence-corrected chi connectivity index (χ3v) is 7.66. The lowest BCUT2D eigenvalue weighted by Crippen LogP contribution is -2.47. The Balaban J connectivity index is 1.92. The predicted octanol–water partition coefficient (Wildman–Crippen LogP) is 3.69. The number of anilines is 1. The first-order valence-electron chi connectivity index (χ1n) is 7.82. The van der Waals surface area contributed by atoms with Crippen molar-refractivity contribution in [1.82, 2.24) is 0 Å². The number of alkyl halides is 1. The van der Waals surface area contributed by atoms with Gasteiger partial charge in [-0.25, -0.2) is 0 Å². The average molecular weight is 395 g/mol. The lowest BCUT2D eigenvalue weighted by Gasteiger charge is -2.39. The fourth-order valence-electron chi connectivity index (χ4n) is 4.36. The summed E-state index contributed by atoms with van der Waals surface area (Å²) in [5.41, 5.74) is -1.36. The van der Waals surface area contributed by atoms with Crippen molar-refractivity contribution in [2.45, 2.75) is 38.4 Å². The molecular weight excluding hydrogens is 376 g/mol. The van der Waals surface area contributed by atoms with E-state index < -0.39 is 26.0 Å². The van der Waals surface area contributed by atoms with E-state index in [1.165, 1.54) is 24.3 Å². The zero-order valence-electron chi connectivity index (χ0n) is 13.8. The molecule has 0 aliphatic heterocycles. The molecule has 2 aliphatic rings. The van der Waals surface area contributed by atoms with Gasteiger partial charge in [0.25, 0.3) is 5.69 Å². The summed E-state index contributed by atoms with van der Waals surface area (Å²) in [5.74, 6) is -0.129. The number of halogens is 1. The van der Waals surface area contributed by atoms with Gasteiger partial charge in [0.1, 0.15) is 0 Å². The van der Waals surface area contributed by atoms with Gasteiger partial charge in [0, 0.05) is 23.2 Å². The molecule has 3 rings (SSSR count). The van der Waals surface area contributed by atoms with Crippen LogP contribution in [0.5, 0.6) is 0 Å². The molecule has 1 amide bonds. The van der Waals surface area contributed by atoms with E-state index in [9.17, 15) is 19.7 Å². The van der Waals surface area contributed by atoms with Crippen LogP contribution >= 0.6 is 15.9 Å². The van der Waals surface area contributed by atoms with Crippen molar-refractivity contribution < 1.29 is 14.5 Å². The second-order valence-electron chi connectivity index (χ2n) is 7.41. The molecule has 0 saturated heterocycles. The number of Topliss-reactive ketones (excluding diaryl/α,β-unsaturated/α-hetero) is 1. The predicted molar refractivity (Wildman–Crippen MR) is 93.0 cm³/mol. The van der Waals surface area contributed by atoms with Crippen LogP contribution < -0.4 is 5.32 Å². The maximum Gasteiger partial charge on any atom is 0.269 e. The molecule has 24 heavy (non-hydrogen) atoms. The lowest BCUT2D eigenvalue weighted by molar-refractivity contribution is -0.384. The first-order chi connectivity index (χ1) is 11.1. The van der Waals surface area contributed by atoms with Crippen LogP contribution in [0.3, 0.4) is 0 Å². The lowest BCUT2D eigenvalue weighted by atomic mass is 9.64. The standard InChI is InChI=1S/C17H19BrN2O4/c1-15(2)16(3)8-9-17(15,12(18)13(16)21)14(22)19-10-4-6-11(7-5-10)20(23)24/h4-7,12H,8-9H2,1-3H3,(H,19,22). The number of nitrogens with one attached hydrogen (secondary N) is 1.